The van der Waals surface area contributed by atoms with Gasteiger partial charge in [-0.1, -0.05) is 5.16 Å². The summed E-state index contributed by atoms with van der Waals surface area (Å²) in [5.41, 5.74) is 0. The highest BCUT2D eigenvalue weighted by atomic mass is 16.5. The molecule has 19 heavy (non-hydrogen) atoms. The van der Waals surface area contributed by atoms with Crippen LogP contribution in [0.4, 0.5) is 0 Å². The van der Waals surface area contributed by atoms with Crippen molar-refractivity contribution < 1.29 is 9.32 Å². The molecule has 2 heterocycles. The summed E-state index contributed by atoms with van der Waals surface area (Å²) in [5, 5.41) is 9.79. The second-order valence-corrected chi connectivity index (χ2v) is 5.13. The van der Waals surface area contributed by atoms with Gasteiger partial charge in [-0.15, -0.1) is 0 Å². The first-order chi connectivity index (χ1) is 9.08. The average molecular weight is 267 g/mol. The molecule has 1 aliphatic heterocycles. The van der Waals surface area contributed by atoms with Crippen molar-refractivity contribution in [2.45, 2.75) is 31.8 Å². The molecule has 0 bridgehead atoms. The Morgan fingerprint density at radius 2 is 2.42 bits per heavy atom. The molecule has 1 fully saturated rings. The fraction of sp³-hybridized carbons (Fsp3) is 0.750. The molecule has 2 N–H and O–H groups in total. The minimum atomic E-state index is -0.290. The number of rotatable bonds is 5. The maximum atomic E-state index is 11.9. The second-order valence-electron chi connectivity index (χ2n) is 5.13. The van der Waals surface area contributed by atoms with Gasteiger partial charge >= 0.3 is 0 Å². The van der Waals surface area contributed by atoms with E-state index in [-0.39, 0.29) is 23.8 Å². The summed E-state index contributed by atoms with van der Waals surface area (Å²) in [4.78, 5) is 18.0. The zero-order chi connectivity index (χ0) is 13.8. The Morgan fingerprint density at radius 1 is 1.63 bits per heavy atom. The average Bonchev–Trinajstić information content (AvgIpc) is 3.04. The first-order valence-corrected chi connectivity index (χ1v) is 6.59. The zero-order valence-electron chi connectivity index (χ0n) is 11.6. The Morgan fingerprint density at radius 3 is 3.05 bits per heavy atom. The maximum Gasteiger partial charge on any atom is 0.292 e. The van der Waals surface area contributed by atoms with Crippen molar-refractivity contribution in [3.63, 3.8) is 0 Å². The van der Waals surface area contributed by atoms with Crippen molar-refractivity contribution in [1.82, 2.24) is 25.7 Å². The fourth-order valence-corrected chi connectivity index (χ4v) is 1.87. The highest BCUT2D eigenvalue weighted by molar-refractivity contribution is 5.90. The standard InChI is InChI=1S/C12H21N5O2/c1-8(17(2)3)7-14-11(18)10-15-12(19-16-10)9-5-4-6-13-9/h8-9,13H,4-7H2,1-3H3,(H,14,18). The van der Waals surface area contributed by atoms with Gasteiger partial charge in [0, 0.05) is 12.6 Å². The molecule has 0 radical (unpaired) electrons. The van der Waals surface area contributed by atoms with E-state index in [1.165, 1.54) is 0 Å². The summed E-state index contributed by atoms with van der Waals surface area (Å²) in [5.74, 6) is 0.319. The molecule has 1 aliphatic rings. The second kappa shape index (κ2) is 6.12. The SMILES string of the molecule is CC(CNC(=O)c1noc(C2CCCN2)n1)N(C)C. The van der Waals surface area contributed by atoms with Crippen LogP contribution in [-0.4, -0.2) is 54.2 Å². The topological polar surface area (TPSA) is 83.3 Å². The monoisotopic (exact) mass is 267 g/mol. The van der Waals surface area contributed by atoms with E-state index < -0.39 is 0 Å². The maximum absolute atomic E-state index is 11.9. The molecule has 2 rings (SSSR count). The van der Waals surface area contributed by atoms with Crippen molar-refractivity contribution in [2.24, 2.45) is 0 Å². The van der Waals surface area contributed by atoms with Gasteiger partial charge in [0.2, 0.25) is 5.89 Å². The molecule has 7 heteroatoms. The van der Waals surface area contributed by atoms with Gasteiger partial charge in [0.1, 0.15) is 0 Å². The number of nitrogens with one attached hydrogen (secondary N) is 2. The fourth-order valence-electron chi connectivity index (χ4n) is 1.87. The van der Waals surface area contributed by atoms with E-state index in [0.717, 1.165) is 19.4 Å². The third kappa shape index (κ3) is 3.51. The molecule has 0 aromatic carbocycles. The minimum Gasteiger partial charge on any atom is -0.348 e. The zero-order valence-corrected chi connectivity index (χ0v) is 11.6. The molecule has 2 unspecified atom stereocenters. The van der Waals surface area contributed by atoms with Crippen LogP contribution in [0.1, 0.15) is 42.3 Å². The molecule has 2 atom stereocenters. The van der Waals surface area contributed by atoms with Gasteiger partial charge in [-0.05, 0) is 40.4 Å². The van der Waals surface area contributed by atoms with Crippen LogP contribution in [0.15, 0.2) is 4.52 Å². The number of hydrogen-bond acceptors (Lipinski definition) is 6. The van der Waals surface area contributed by atoms with E-state index in [0.29, 0.717) is 12.4 Å². The largest absolute Gasteiger partial charge is 0.348 e. The summed E-state index contributed by atoms with van der Waals surface area (Å²) in [6.07, 6.45) is 2.07. The molecular weight excluding hydrogens is 246 g/mol. The molecule has 0 aliphatic carbocycles. The number of nitrogens with zero attached hydrogens (tertiary/aromatic N) is 3. The Bertz CT molecular complexity index is 426. The van der Waals surface area contributed by atoms with Gasteiger partial charge in [-0.25, -0.2) is 0 Å². The number of hydrogen-bond donors (Lipinski definition) is 2. The molecule has 0 spiro atoms. The van der Waals surface area contributed by atoms with Crippen LogP contribution < -0.4 is 10.6 Å². The van der Waals surface area contributed by atoms with E-state index in [1.54, 1.807) is 0 Å². The van der Waals surface area contributed by atoms with Crippen molar-refractivity contribution in [1.29, 1.82) is 0 Å². The summed E-state index contributed by atoms with van der Waals surface area (Å²) in [6.45, 7) is 3.54. The summed E-state index contributed by atoms with van der Waals surface area (Å²) >= 11 is 0. The van der Waals surface area contributed by atoms with E-state index in [9.17, 15) is 4.79 Å². The van der Waals surface area contributed by atoms with E-state index >= 15 is 0 Å². The quantitative estimate of drug-likeness (QED) is 0.791. The van der Waals surface area contributed by atoms with Crippen LogP contribution in [0.2, 0.25) is 0 Å². The van der Waals surface area contributed by atoms with Crippen LogP contribution >= 0.6 is 0 Å². The summed E-state index contributed by atoms with van der Waals surface area (Å²) in [6, 6.07) is 0.349. The lowest BCUT2D eigenvalue weighted by atomic mass is 10.2. The van der Waals surface area contributed by atoms with Crippen molar-refractivity contribution >= 4 is 5.91 Å². The lowest BCUT2D eigenvalue weighted by Gasteiger charge is -2.19. The summed E-state index contributed by atoms with van der Waals surface area (Å²) < 4.78 is 5.13. The predicted octanol–water partition coefficient (Wildman–Crippen LogP) is 0.174. The van der Waals surface area contributed by atoms with Crippen LogP contribution in [-0.2, 0) is 0 Å². The van der Waals surface area contributed by atoms with Crippen LogP contribution in [0.5, 0.6) is 0 Å². The highest BCUT2D eigenvalue weighted by Crippen LogP contribution is 2.20. The van der Waals surface area contributed by atoms with Crippen molar-refractivity contribution in [3.05, 3.63) is 11.7 Å². The Kier molecular flexibility index (Phi) is 4.49. The van der Waals surface area contributed by atoms with Gasteiger partial charge in [0.15, 0.2) is 0 Å². The Hall–Kier alpha value is -1.47. The van der Waals surface area contributed by atoms with Gasteiger partial charge in [0.05, 0.1) is 6.04 Å². The van der Waals surface area contributed by atoms with Crippen molar-refractivity contribution in [2.75, 3.05) is 27.2 Å². The lowest BCUT2D eigenvalue weighted by molar-refractivity contribution is 0.0930. The number of carbonyl (C=O) groups is 1. The number of carbonyl (C=O) groups excluding carboxylic acids is 1. The minimum absolute atomic E-state index is 0.0924. The molecule has 7 nitrogen and oxygen atoms in total. The highest BCUT2D eigenvalue weighted by Gasteiger charge is 2.24. The number of likely N-dealkylation sites (N-methyl/N-ethyl adjacent to an activating group) is 1. The van der Waals surface area contributed by atoms with E-state index in [1.807, 2.05) is 25.9 Å². The third-order valence-corrected chi connectivity index (χ3v) is 3.44. The lowest BCUT2D eigenvalue weighted by Crippen LogP contribution is -2.38. The predicted molar refractivity (Wildman–Crippen MR) is 69.8 cm³/mol. The van der Waals surface area contributed by atoms with E-state index in [4.69, 9.17) is 4.52 Å². The van der Waals surface area contributed by atoms with Gasteiger partial charge in [0.25, 0.3) is 11.7 Å². The van der Waals surface area contributed by atoms with Crippen LogP contribution in [0.25, 0.3) is 0 Å². The third-order valence-electron chi connectivity index (χ3n) is 3.44. The molecule has 106 valence electrons. The summed E-state index contributed by atoms with van der Waals surface area (Å²) in [7, 11) is 3.93. The van der Waals surface area contributed by atoms with Crippen molar-refractivity contribution in [3.8, 4) is 0 Å². The van der Waals surface area contributed by atoms with Crippen LogP contribution in [0, 0.1) is 0 Å². The van der Waals surface area contributed by atoms with Gasteiger partial charge in [-0.3, -0.25) is 4.79 Å². The number of aromatic nitrogens is 2. The van der Waals surface area contributed by atoms with Gasteiger partial charge in [-0.2, -0.15) is 4.98 Å². The van der Waals surface area contributed by atoms with E-state index in [2.05, 4.69) is 20.8 Å². The number of amides is 1. The van der Waals surface area contributed by atoms with Gasteiger partial charge < -0.3 is 20.1 Å². The molecule has 1 aromatic rings. The van der Waals surface area contributed by atoms with Crippen LogP contribution in [0.3, 0.4) is 0 Å². The Balaban J connectivity index is 1.89. The molecule has 1 saturated heterocycles. The molecular formula is C12H21N5O2. The first kappa shape index (κ1) is 14.0. The Labute approximate surface area is 112 Å². The smallest absolute Gasteiger partial charge is 0.292 e. The first-order valence-electron chi connectivity index (χ1n) is 6.59. The molecule has 0 saturated carbocycles. The normalized spacial score (nSPS) is 20.7. The molecule has 1 aromatic heterocycles. The molecule has 1 amide bonds.